The topological polar surface area (TPSA) is 58.0 Å². The van der Waals surface area contributed by atoms with E-state index < -0.39 is 0 Å². The van der Waals surface area contributed by atoms with E-state index in [2.05, 4.69) is 15.5 Å². The minimum absolute atomic E-state index is 0.0441. The molecular weight excluding hydrogens is 250 g/mol. The third kappa shape index (κ3) is 2.02. The number of halogens is 1. The molecule has 0 atom stereocenters. The Labute approximate surface area is 110 Å². The summed E-state index contributed by atoms with van der Waals surface area (Å²) in [6, 6.07) is 7.77. The van der Waals surface area contributed by atoms with E-state index in [1.807, 2.05) is 24.3 Å². The molecule has 1 heterocycles. The Kier molecular flexibility index (Phi) is 2.84. The number of nitrogens with one attached hydrogen (secondary N) is 1. The Balaban J connectivity index is 1.90. The Morgan fingerprint density at radius 3 is 2.61 bits per heavy atom. The van der Waals surface area contributed by atoms with E-state index in [9.17, 15) is 5.11 Å². The van der Waals surface area contributed by atoms with Crippen LogP contribution >= 0.6 is 11.6 Å². The van der Waals surface area contributed by atoms with Crippen LogP contribution in [0.15, 0.2) is 24.3 Å². The van der Waals surface area contributed by atoms with Crippen LogP contribution in [0.25, 0.3) is 10.8 Å². The molecule has 18 heavy (non-hydrogen) atoms. The van der Waals surface area contributed by atoms with Crippen LogP contribution in [0.4, 0.5) is 5.82 Å². The summed E-state index contributed by atoms with van der Waals surface area (Å²) in [6.07, 6.45) is 2.13. The number of rotatable bonds is 4. The maximum absolute atomic E-state index is 9.29. The minimum atomic E-state index is 0.0441. The maximum atomic E-state index is 9.29. The number of benzene rings is 1. The Morgan fingerprint density at radius 2 is 1.94 bits per heavy atom. The maximum Gasteiger partial charge on any atom is 0.159 e. The molecule has 1 aromatic heterocycles. The molecule has 2 aromatic rings. The van der Waals surface area contributed by atoms with Gasteiger partial charge in [-0.1, -0.05) is 35.9 Å². The average Bonchev–Trinajstić information content (AvgIpc) is 3.19. The summed E-state index contributed by atoms with van der Waals surface area (Å²) < 4.78 is 0. The highest BCUT2D eigenvalue weighted by molar-refractivity contribution is 6.34. The van der Waals surface area contributed by atoms with E-state index in [0.29, 0.717) is 5.15 Å². The van der Waals surface area contributed by atoms with E-state index in [0.717, 1.165) is 36.0 Å². The normalized spacial score (nSPS) is 16.8. The molecule has 5 heteroatoms. The van der Waals surface area contributed by atoms with Gasteiger partial charge >= 0.3 is 0 Å². The summed E-state index contributed by atoms with van der Waals surface area (Å²) in [5.41, 5.74) is 0.0441. The highest BCUT2D eigenvalue weighted by Gasteiger charge is 2.41. The van der Waals surface area contributed by atoms with Crippen LogP contribution in [0.1, 0.15) is 12.8 Å². The van der Waals surface area contributed by atoms with Gasteiger partial charge in [-0.3, -0.25) is 0 Å². The number of nitrogens with zero attached hydrogens (tertiary/aromatic N) is 2. The van der Waals surface area contributed by atoms with Crippen molar-refractivity contribution in [1.82, 2.24) is 10.2 Å². The Bertz CT molecular complexity index is 583. The molecule has 1 saturated carbocycles. The first-order valence-corrected chi connectivity index (χ1v) is 6.38. The Morgan fingerprint density at radius 1 is 1.22 bits per heavy atom. The van der Waals surface area contributed by atoms with E-state index in [1.165, 1.54) is 0 Å². The van der Waals surface area contributed by atoms with Crippen molar-refractivity contribution in [2.45, 2.75) is 12.8 Å². The van der Waals surface area contributed by atoms with Crippen molar-refractivity contribution < 1.29 is 5.11 Å². The first kappa shape index (κ1) is 11.7. The van der Waals surface area contributed by atoms with Gasteiger partial charge in [0, 0.05) is 22.7 Å². The highest BCUT2D eigenvalue weighted by Crippen LogP contribution is 2.45. The molecule has 1 aliphatic rings. The first-order chi connectivity index (χ1) is 8.74. The predicted molar refractivity (Wildman–Crippen MR) is 71.8 cm³/mol. The molecule has 0 spiro atoms. The van der Waals surface area contributed by atoms with Gasteiger partial charge in [-0.05, 0) is 12.8 Å². The molecule has 3 rings (SSSR count). The van der Waals surface area contributed by atoms with Crippen molar-refractivity contribution in [3.05, 3.63) is 29.4 Å². The lowest BCUT2D eigenvalue weighted by atomic mass is 10.1. The molecule has 0 aliphatic heterocycles. The van der Waals surface area contributed by atoms with Crippen LogP contribution in [0.5, 0.6) is 0 Å². The smallest absolute Gasteiger partial charge is 0.159 e. The number of aliphatic hydroxyl groups excluding tert-OH is 1. The molecule has 1 aliphatic carbocycles. The molecule has 2 N–H and O–H groups in total. The van der Waals surface area contributed by atoms with Gasteiger partial charge < -0.3 is 10.4 Å². The molecule has 1 fully saturated rings. The number of aliphatic hydroxyl groups is 1. The molecule has 0 bridgehead atoms. The third-order valence-corrected chi connectivity index (χ3v) is 3.84. The number of hydrogen-bond donors (Lipinski definition) is 2. The number of hydrogen-bond acceptors (Lipinski definition) is 4. The molecule has 0 saturated heterocycles. The van der Waals surface area contributed by atoms with Gasteiger partial charge in [0.05, 0.1) is 6.61 Å². The van der Waals surface area contributed by atoms with Crippen molar-refractivity contribution in [2.75, 3.05) is 18.5 Å². The molecule has 94 valence electrons. The van der Waals surface area contributed by atoms with Crippen LogP contribution in [-0.2, 0) is 0 Å². The van der Waals surface area contributed by atoms with Crippen molar-refractivity contribution in [3.8, 4) is 0 Å². The monoisotopic (exact) mass is 263 g/mol. The van der Waals surface area contributed by atoms with Gasteiger partial charge in [0.2, 0.25) is 0 Å². The van der Waals surface area contributed by atoms with Gasteiger partial charge in [-0.15, -0.1) is 10.2 Å². The van der Waals surface area contributed by atoms with Crippen LogP contribution in [0.3, 0.4) is 0 Å². The Hall–Kier alpha value is -1.39. The fourth-order valence-electron chi connectivity index (χ4n) is 2.04. The second kappa shape index (κ2) is 4.37. The zero-order chi connectivity index (χ0) is 12.6. The molecule has 0 radical (unpaired) electrons. The largest absolute Gasteiger partial charge is 0.396 e. The summed E-state index contributed by atoms with van der Waals surface area (Å²) in [6.45, 7) is 0.947. The van der Waals surface area contributed by atoms with Gasteiger partial charge in [-0.2, -0.15) is 0 Å². The second-order valence-corrected chi connectivity index (χ2v) is 5.25. The van der Waals surface area contributed by atoms with Gasteiger partial charge in [0.25, 0.3) is 0 Å². The molecule has 4 nitrogen and oxygen atoms in total. The van der Waals surface area contributed by atoms with Gasteiger partial charge in [0.1, 0.15) is 0 Å². The molecule has 0 amide bonds. The fraction of sp³-hybridized carbons (Fsp3) is 0.385. The number of fused-ring (bicyclic) bond motifs is 1. The van der Waals surface area contributed by atoms with E-state index in [4.69, 9.17) is 11.6 Å². The van der Waals surface area contributed by atoms with Crippen molar-refractivity contribution in [1.29, 1.82) is 0 Å². The zero-order valence-electron chi connectivity index (χ0n) is 9.86. The lowest BCUT2D eigenvalue weighted by Crippen LogP contribution is -2.19. The van der Waals surface area contributed by atoms with Crippen LogP contribution < -0.4 is 5.32 Å². The SMILES string of the molecule is OCC1(CNc2nnc(Cl)c3ccccc23)CC1. The lowest BCUT2D eigenvalue weighted by molar-refractivity contribution is 0.219. The van der Waals surface area contributed by atoms with E-state index >= 15 is 0 Å². The quantitative estimate of drug-likeness (QED) is 0.890. The van der Waals surface area contributed by atoms with Gasteiger partial charge in [0.15, 0.2) is 11.0 Å². The standard InChI is InChI=1S/C13H14ClN3O/c14-11-9-3-1-2-4-10(9)12(17-16-11)15-7-13(8-18)5-6-13/h1-4,18H,5-8H2,(H,15,17). The first-order valence-electron chi connectivity index (χ1n) is 6.00. The van der Waals surface area contributed by atoms with Crippen LogP contribution in [-0.4, -0.2) is 28.5 Å². The average molecular weight is 264 g/mol. The zero-order valence-corrected chi connectivity index (χ0v) is 10.6. The summed E-state index contributed by atoms with van der Waals surface area (Å²) in [4.78, 5) is 0. The van der Waals surface area contributed by atoms with Crippen molar-refractivity contribution in [2.24, 2.45) is 5.41 Å². The van der Waals surface area contributed by atoms with E-state index in [-0.39, 0.29) is 12.0 Å². The lowest BCUT2D eigenvalue weighted by Gasteiger charge is -2.14. The van der Waals surface area contributed by atoms with Gasteiger partial charge in [-0.25, -0.2) is 0 Å². The summed E-state index contributed by atoms with van der Waals surface area (Å²) in [5, 5.41) is 22.9. The third-order valence-electron chi connectivity index (χ3n) is 3.57. The summed E-state index contributed by atoms with van der Waals surface area (Å²) in [5.74, 6) is 0.731. The molecule has 1 aromatic carbocycles. The summed E-state index contributed by atoms with van der Waals surface area (Å²) >= 11 is 6.02. The van der Waals surface area contributed by atoms with E-state index in [1.54, 1.807) is 0 Å². The molecular formula is C13H14ClN3O. The van der Waals surface area contributed by atoms with Crippen LogP contribution in [0.2, 0.25) is 5.15 Å². The second-order valence-electron chi connectivity index (χ2n) is 4.90. The number of aromatic nitrogens is 2. The van der Waals surface area contributed by atoms with Crippen LogP contribution in [0, 0.1) is 5.41 Å². The highest BCUT2D eigenvalue weighted by atomic mass is 35.5. The van der Waals surface area contributed by atoms with Crippen molar-refractivity contribution in [3.63, 3.8) is 0 Å². The minimum Gasteiger partial charge on any atom is -0.396 e. The molecule has 0 unspecified atom stereocenters. The van der Waals surface area contributed by atoms with Crippen molar-refractivity contribution >= 4 is 28.2 Å². The predicted octanol–water partition coefficient (Wildman–Crippen LogP) is 2.47. The fourth-order valence-corrected chi connectivity index (χ4v) is 2.24. The summed E-state index contributed by atoms with van der Waals surface area (Å²) in [7, 11) is 0. The number of anilines is 1.